The lowest BCUT2D eigenvalue weighted by Crippen LogP contribution is -2.07. The van der Waals surface area contributed by atoms with Crippen LogP contribution in [-0.4, -0.2) is 26.2 Å². The summed E-state index contributed by atoms with van der Waals surface area (Å²) in [6.45, 7) is 0. The lowest BCUT2D eigenvalue weighted by atomic mass is 10.1. The molecule has 27 heavy (non-hydrogen) atoms. The van der Waals surface area contributed by atoms with E-state index in [0.717, 1.165) is 16.8 Å². The standard InChI is InChI=1S/C18H13Cl2N5O2/c19-15-10-22-17(20)25-16(15)23-13-3-1-2-11(6-13)4-5-12-7-14(9-21-8-12)24-18(26)27/h1-10,24H,(H,26,27)(H,22,23,25). The first-order valence-corrected chi connectivity index (χ1v) is 8.43. The highest BCUT2D eigenvalue weighted by Crippen LogP contribution is 2.24. The van der Waals surface area contributed by atoms with E-state index in [1.807, 2.05) is 36.4 Å². The third-order valence-corrected chi connectivity index (χ3v) is 3.80. The molecule has 0 spiro atoms. The number of carboxylic acid groups (broad SMARTS) is 1. The summed E-state index contributed by atoms with van der Waals surface area (Å²) in [4.78, 5) is 22.6. The van der Waals surface area contributed by atoms with E-state index in [2.05, 4.69) is 25.6 Å². The maximum atomic E-state index is 10.7. The number of nitrogens with one attached hydrogen (secondary N) is 2. The molecule has 0 fully saturated rings. The van der Waals surface area contributed by atoms with Gasteiger partial charge < -0.3 is 10.4 Å². The second-order valence-corrected chi connectivity index (χ2v) is 6.10. The predicted octanol–water partition coefficient (Wildman–Crippen LogP) is 5.18. The topological polar surface area (TPSA) is 100 Å². The molecule has 0 unspecified atom stereocenters. The number of carbonyl (C=O) groups is 1. The zero-order valence-electron chi connectivity index (χ0n) is 13.7. The van der Waals surface area contributed by atoms with Gasteiger partial charge in [0.25, 0.3) is 0 Å². The molecule has 0 atom stereocenters. The minimum Gasteiger partial charge on any atom is -0.465 e. The van der Waals surface area contributed by atoms with E-state index in [-0.39, 0.29) is 5.28 Å². The van der Waals surface area contributed by atoms with Gasteiger partial charge in [-0.1, -0.05) is 35.9 Å². The molecule has 0 aliphatic carbocycles. The summed E-state index contributed by atoms with van der Waals surface area (Å²) in [5, 5.41) is 14.6. The molecular formula is C18H13Cl2N5O2. The number of rotatable bonds is 5. The smallest absolute Gasteiger partial charge is 0.409 e. The second-order valence-electron chi connectivity index (χ2n) is 5.36. The maximum absolute atomic E-state index is 10.7. The molecule has 0 bridgehead atoms. The zero-order valence-corrected chi connectivity index (χ0v) is 15.2. The predicted molar refractivity (Wildman–Crippen MR) is 107 cm³/mol. The van der Waals surface area contributed by atoms with Crippen LogP contribution in [0.15, 0.2) is 48.9 Å². The first-order valence-electron chi connectivity index (χ1n) is 7.68. The summed E-state index contributed by atoms with van der Waals surface area (Å²) >= 11 is 11.9. The van der Waals surface area contributed by atoms with Crippen LogP contribution in [0.25, 0.3) is 12.2 Å². The Balaban J connectivity index is 1.77. The van der Waals surface area contributed by atoms with E-state index < -0.39 is 6.09 Å². The van der Waals surface area contributed by atoms with E-state index in [0.29, 0.717) is 16.5 Å². The van der Waals surface area contributed by atoms with E-state index in [1.54, 1.807) is 12.3 Å². The van der Waals surface area contributed by atoms with Crippen molar-refractivity contribution in [3.05, 3.63) is 70.4 Å². The van der Waals surface area contributed by atoms with Gasteiger partial charge in [0.2, 0.25) is 5.28 Å². The summed E-state index contributed by atoms with van der Waals surface area (Å²) in [6, 6.07) is 9.24. The van der Waals surface area contributed by atoms with E-state index in [9.17, 15) is 4.79 Å². The number of aromatic nitrogens is 3. The molecule has 136 valence electrons. The molecule has 0 aliphatic heterocycles. The lowest BCUT2D eigenvalue weighted by Gasteiger charge is -2.08. The largest absolute Gasteiger partial charge is 0.465 e. The molecule has 1 amide bonds. The average Bonchev–Trinajstić information content (AvgIpc) is 2.63. The van der Waals surface area contributed by atoms with Crippen LogP contribution in [0.5, 0.6) is 0 Å². The number of anilines is 3. The zero-order chi connectivity index (χ0) is 19.2. The molecule has 1 aromatic carbocycles. The van der Waals surface area contributed by atoms with Gasteiger partial charge in [-0.25, -0.2) is 9.78 Å². The molecule has 9 heteroatoms. The minimum absolute atomic E-state index is 0.0975. The summed E-state index contributed by atoms with van der Waals surface area (Å²) in [7, 11) is 0. The number of halogens is 2. The van der Waals surface area contributed by atoms with Crippen LogP contribution in [0.3, 0.4) is 0 Å². The maximum Gasteiger partial charge on any atom is 0.409 e. The Bertz CT molecular complexity index is 1010. The van der Waals surface area contributed by atoms with E-state index in [1.165, 1.54) is 12.4 Å². The fourth-order valence-electron chi connectivity index (χ4n) is 2.22. The summed E-state index contributed by atoms with van der Waals surface area (Å²) in [5.74, 6) is 0.412. The molecule has 0 radical (unpaired) electrons. The van der Waals surface area contributed by atoms with Crippen molar-refractivity contribution < 1.29 is 9.90 Å². The molecule has 3 N–H and O–H groups in total. The Morgan fingerprint density at radius 1 is 1.04 bits per heavy atom. The third-order valence-electron chi connectivity index (χ3n) is 3.34. The molecule has 3 aromatic rings. The van der Waals surface area contributed by atoms with Crippen LogP contribution < -0.4 is 10.6 Å². The molecule has 2 aromatic heterocycles. The SMILES string of the molecule is O=C(O)Nc1cncc(C=Cc2cccc(Nc3nc(Cl)ncc3Cl)c2)c1. The van der Waals surface area contributed by atoms with Crippen molar-refractivity contribution in [2.75, 3.05) is 10.6 Å². The molecule has 7 nitrogen and oxygen atoms in total. The molecule has 3 rings (SSSR count). The number of pyridine rings is 1. The van der Waals surface area contributed by atoms with Gasteiger partial charge in [-0.3, -0.25) is 10.3 Å². The van der Waals surface area contributed by atoms with Crippen LogP contribution in [0.2, 0.25) is 10.3 Å². The number of hydrogen-bond acceptors (Lipinski definition) is 5. The Morgan fingerprint density at radius 2 is 1.81 bits per heavy atom. The normalized spacial score (nSPS) is 10.7. The number of hydrogen-bond donors (Lipinski definition) is 3. The minimum atomic E-state index is -1.14. The summed E-state index contributed by atoms with van der Waals surface area (Å²) in [5.41, 5.74) is 2.83. The van der Waals surface area contributed by atoms with E-state index in [4.69, 9.17) is 28.3 Å². The Labute approximate surface area is 164 Å². The summed E-state index contributed by atoms with van der Waals surface area (Å²) in [6.07, 6.45) is 7.06. The van der Waals surface area contributed by atoms with Gasteiger partial charge in [0.05, 0.1) is 18.1 Å². The fraction of sp³-hybridized carbons (Fsp3) is 0. The lowest BCUT2D eigenvalue weighted by molar-refractivity contribution is 0.209. The molecule has 0 saturated carbocycles. The highest BCUT2D eigenvalue weighted by molar-refractivity contribution is 6.33. The Hall–Kier alpha value is -3.16. The van der Waals surface area contributed by atoms with Gasteiger partial charge in [-0.2, -0.15) is 4.98 Å². The monoisotopic (exact) mass is 401 g/mol. The Kier molecular flexibility index (Phi) is 5.85. The van der Waals surface area contributed by atoms with Gasteiger partial charge >= 0.3 is 6.09 Å². The van der Waals surface area contributed by atoms with Gasteiger partial charge in [-0.15, -0.1) is 0 Å². The van der Waals surface area contributed by atoms with Crippen molar-refractivity contribution in [2.24, 2.45) is 0 Å². The third kappa shape index (κ3) is 5.40. The van der Waals surface area contributed by atoms with Gasteiger partial charge in [0.1, 0.15) is 5.02 Å². The first kappa shape index (κ1) is 18.6. The van der Waals surface area contributed by atoms with Crippen molar-refractivity contribution in [1.29, 1.82) is 0 Å². The number of benzene rings is 1. The molecule has 0 saturated heterocycles. The van der Waals surface area contributed by atoms with Crippen molar-refractivity contribution in [1.82, 2.24) is 15.0 Å². The van der Waals surface area contributed by atoms with Gasteiger partial charge in [0, 0.05) is 11.9 Å². The molecular weight excluding hydrogens is 389 g/mol. The van der Waals surface area contributed by atoms with Crippen molar-refractivity contribution in [2.45, 2.75) is 0 Å². The van der Waals surface area contributed by atoms with E-state index >= 15 is 0 Å². The van der Waals surface area contributed by atoms with Crippen LogP contribution in [0.1, 0.15) is 11.1 Å². The van der Waals surface area contributed by atoms with Crippen molar-refractivity contribution in [3.8, 4) is 0 Å². The van der Waals surface area contributed by atoms with Gasteiger partial charge in [0.15, 0.2) is 5.82 Å². The van der Waals surface area contributed by atoms with Crippen LogP contribution in [-0.2, 0) is 0 Å². The Morgan fingerprint density at radius 3 is 2.63 bits per heavy atom. The van der Waals surface area contributed by atoms with Crippen molar-refractivity contribution >= 4 is 58.6 Å². The van der Waals surface area contributed by atoms with Crippen LogP contribution in [0.4, 0.5) is 22.0 Å². The second kappa shape index (κ2) is 8.48. The summed E-state index contributed by atoms with van der Waals surface area (Å²) < 4.78 is 0. The number of amides is 1. The number of nitrogens with zero attached hydrogens (tertiary/aromatic N) is 3. The highest BCUT2D eigenvalue weighted by Gasteiger charge is 2.05. The highest BCUT2D eigenvalue weighted by atomic mass is 35.5. The molecule has 0 aliphatic rings. The van der Waals surface area contributed by atoms with Crippen LogP contribution in [0, 0.1) is 0 Å². The van der Waals surface area contributed by atoms with Crippen molar-refractivity contribution in [3.63, 3.8) is 0 Å². The van der Waals surface area contributed by atoms with Gasteiger partial charge in [-0.05, 0) is 40.9 Å². The quantitative estimate of drug-likeness (QED) is 0.509. The first-order chi connectivity index (χ1) is 13.0. The average molecular weight is 402 g/mol. The fourth-order valence-corrected chi connectivity index (χ4v) is 2.49. The van der Waals surface area contributed by atoms with Crippen LogP contribution >= 0.6 is 23.2 Å². The molecule has 2 heterocycles.